The zero-order valence-electron chi connectivity index (χ0n) is 13.7. The second-order valence-corrected chi connectivity index (χ2v) is 6.64. The third-order valence-corrected chi connectivity index (χ3v) is 4.74. The number of aromatic nitrogens is 3. The van der Waals surface area contributed by atoms with Crippen LogP contribution in [0.1, 0.15) is 0 Å². The zero-order valence-corrected chi connectivity index (χ0v) is 15.2. The number of anilines is 1. The van der Waals surface area contributed by atoms with Crippen LogP contribution < -0.4 is 15.0 Å². The number of rotatable bonds is 3. The third kappa shape index (κ3) is 3.01. The number of hydrogen-bond acceptors (Lipinski definition) is 5. The molecule has 25 heavy (non-hydrogen) atoms. The molecule has 130 valence electrons. The van der Waals surface area contributed by atoms with Crippen LogP contribution >= 0.6 is 23.2 Å². The Hall–Kier alpha value is -2.02. The molecule has 0 saturated carbocycles. The van der Waals surface area contributed by atoms with Crippen molar-refractivity contribution in [2.24, 2.45) is 0 Å². The summed E-state index contributed by atoms with van der Waals surface area (Å²) in [4.78, 5) is 6.49. The molecule has 6 nitrogen and oxygen atoms in total. The number of methoxy groups -OCH3 is 1. The SMILES string of the molecule is COc1ccc(Cl)cc1-n1nc(N2CCNCC2)c2cnc(Cl)cc21. The van der Waals surface area contributed by atoms with Gasteiger partial charge in [-0.25, -0.2) is 9.67 Å². The van der Waals surface area contributed by atoms with Crippen LogP contribution in [0, 0.1) is 0 Å². The number of halogens is 2. The van der Waals surface area contributed by atoms with Crippen molar-refractivity contribution in [2.75, 3.05) is 38.2 Å². The van der Waals surface area contributed by atoms with E-state index >= 15 is 0 Å². The lowest BCUT2D eigenvalue weighted by molar-refractivity contribution is 0.412. The summed E-state index contributed by atoms with van der Waals surface area (Å²) < 4.78 is 7.32. The fourth-order valence-corrected chi connectivity index (χ4v) is 3.41. The molecule has 1 N–H and O–H groups in total. The van der Waals surface area contributed by atoms with Crippen molar-refractivity contribution in [1.29, 1.82) is 0 Å². The summed E-state index contributed by atoms with van der Waals surface area (Å²) in [7, 11) is 1.63. The lowest BCUT2D eigenvalue weighted by Crippen LogP contribution is -2.43. The highest BCUT2D eigenvalue weighted by Gasteiger charge is 2.21. The summed E-state index contributed by atoms with van der Waals surface area (Å²) in [5.74, 6) is 1.58. The summed E-state index contributed by atoms with van der Waals surface area (Å²) in [5, 5.41) is 10.2. The minimum Gasteiger partial charge on any atom is -0.494 e. The second-order valence-electron chi connectivity index (χ2n) is 5.81. The Labute approximate surface area is 155 Å². The molecule has 8 heteroatoms. The van der Waals surface area contributed by atoms with Gasteiger partial charge in [0.25, 0.3) is 0 Å². The second kappa shape index (κ2) is 6.71. The first-order valence-electron chi connectivity index (χ1n) is 8.01. The standard InChI is InChI=1S/C17H17Cl2N5O/c1-25-15-3-2-11(18)8-14(15)24-13-9-16(19)21-10-12(13)17(22-24)23-6-4-20-5-7-23/h2-3,8-10,20H,4-7H2,1H3. The summed E-state index contributed by atoms with van der Waals surface area (Å²) in [6, 6.07) is 7.28. The summed E-state index contributed by atoms with van der Waals surface area (Å²) >= 11 is 12.4. The molecule has 1 aliphatic heterocycles. The minimum absolute atomic E-state index is 0.418. The summed E-state index contributed by atoms with van der Waals surface area (Å²) in [5.41, 5.74) is 1.64. The molecule has 0 aliphatic carbocycles. The van der Waals surface area contributed by atoms with E-state index in [0.29, 0.717) is 15.9 Å². The van der Waals surface area contributed by atoms with Crippen LogP contribution in [0.2, 0.25) is 10.2 Å². The fraction of sp³-hybridized carbons (Fsp3) is 0.294. The van der Waals surface area contributed by atoms with E-state index in [-0.39, 0.29) is 0 Å². The highest BCUT2D eigenvalue weighted by molar-refractivity contribution is 6.31. The van der Waals surface area contributed by atoms with Crippen molar-refractivity contribution in [3.8, 4) is 11.4 Å². The van der Waals surface area contributed by atoms with Gasteiger partial charge in [-0.1, -0.05) is 23.2 Å². The van der Waals surface area contributed by atoms with Crippen molar-refractivity contribution in [3.63, 3.8) is 0 Å². The van der Waals surface area contributed by atoms with Gasteiger partial charge in [0.2, 0.25) is 0 Å². The lowest BCUT2D eigenvalue weighted by atomic mass is 10.2. The van der Waals surface area contributed by atoms with E-state index in [1.165, 1.54) is 0 Å². The maximum absolute atomic E-state index is 6.21. The molecule has 3 aromatic rings. The molecule has 0 amide bonds. The van der Waals surface area contributed by atoms with Gasteiger partial charge in [0.15, 0.2) is 5.82 Å². The van der Waals surface area contributed by atoms with Gasteiger partial charge in [0.1, 0.15) is 16.6 Å². The van der Waals surface area contributed by atoms with E-state index in [9.17, 15) is 0 Å². The van der Waals surface area contributed by atoms with E-state index in [1.54, 1.807) is 19.4 Å². The van der Waals surface area contributed by atoms with Crippen molar-refractivity contribution in [2.45, 2.75) is 0 Å². The monoisotopic (exact) mass is 377 g/mol. The first-order valence-corrected chi connectivity index (χ1v) is 8.77. The fourth-order valence-electron chi connectivity index (χ4n) is 3.09. The molecular weight excluding hydrogens is 361 g/mol. The minimum atomic E-state index is 0.418. The Balaban J connectivity index is 1.95. The van der Waals surface area contributed by atoms with Crippen molar-refractivity contribution in [3.05, 3.63) is 40.6 Å². The number of fused-ring (bicyclic) bond motifs is 1. The molecule has 1 saturated heterocycles. The van der Waals surface area contributed by atoms with Gasteiger partial charge in [-0.15, -0.1) is 5.10 Å². The molecule has 0 radical (unpaired) electrons. The van der Waals surface area contributed by atoms with Gasteiger partial charge in [0.05, 0.1) is 18.0 Å². The van der Waals surface area contributed by atoms with Crippen LogP contribution in [0.4, 0.5) is 5.82 Å². The number of ether oxygens (including phenoxy) is 1. The van der Waals surface area contributed by atoms with E-state index in [0.717, 1.165) is 48.6 Å². The number of hydrogen-bond donors (Lipinski definition) is 1. The van der Waals surface area contributed by atoms with Crippen LogP contribution in [0.25, 0.3) is 16.6 Å². The Morgan fingerprint density at radius 2 is 1.96 bits per heavy atom. The van der Waals surface area contributed by atoms with Gasteiger partial charge < -0.3 is 15.0 Å². The van der Waals surface area contributed by atoms with Crippen molar-refractivity contribution < 1.29 is 4.74 Å². The number of piperazine rings is 1. The molecule has 1 fully saturated rings. The number of benzene rings is 1. The Kier molecular flexibility index (Phi) is 4.41. The van der Waals surface area contributed by atoms with E-state index in [2.05, 4.69) is 15.2 Å². The topological polar surface area (TPSA) is 55.2 Å². The maximum atomic E-state index is 6.21. The van der Waals surface area contributed by atoms with Gasteiger partial charge in [-0.05, 0) is 18.2 Å². The largest absolute Gasteiger partial charge is 0.494 e. The molecule has 1 aliphatic rings. The van der Waals surface area contributed by atoms with Crippen LogP contribution in [0.15, 0.2) is 30.5 Å². The summed E-state index contributed by atoms with van der Waals surface area (Å²) in [6.45, 7) is 3.63. The Bertz CT molecular complexity index is 921. The average molecular weight is 378 g/mol. The number of nitrogens with one attached hydrogen (secondary N) is 1. The first kappa shape index (κ1) is 16.4. The van der Waals surface area contributed by atoms with E-state index < -0.39 is 0 Å². The molecule has 4 rings (SSSR count). The average Bonchev–Trinajstić information content (AvgIpc) is 3.01. The van der Waals surface area contributed by atoms with Crippen molar-refractivity contribution in [1.82, 2.24) is 20.1 Å². The van der Waals surface area contributed by atoms with Gasteiger partial charge in [-0.2, -0.15) is 0 Å². The molecule has 2 aromatic heterocycles. The third-order valence-electron chi connectivity index (χ3n) is 4.30. The molecule has 0 spiro atoms. The lowest BCUT2D eigenvalue weighted by Gasteiger charge is -2.27. The molecule has 3 heterocycles. The zero-order chi connectivity index (χ0) is 17.4. The molecule has 0 bridgehead atoms. The van der Waals surface area contributed by atoms with E-state index in [1.807, 2.05) is 22.9 Å². The molecule has 0 atom stereocenters. The number of pyridine rings is 1. The van der Waals surface area contributed by atoms with Crippen LogP contribution in [-0.2, 0) is 0 Å². The molecule has 0 unspecified atom stereocenters. The first-order chi connectivity index (χ1) is 12.2. The van der Waals surface area contributed by atoms with Gasteiger partial charge >= 0.3 is 0 Å². The van der Waals surface area contributed by atoms with Crippen molar-refractivity contribution >= 4 is 39.9 Å². The Morgan fingerprint density at radius 1 is 1.16 bits per heavy atom. The van der Waals surface area contributed by atoms with Crippen LogP contribution in [-0.4, -0.2) is 48.1 Å². The Morgan fingerprint density at radius 3 is 2.72 bits per heavy atom. The van der Waals surface area contributed by atoms with Gasteiger partial charge in [0, 0.05) is 43.5 Å². The van der Waals surface area contributed by atoms with E-state index in [4.69, 9.17) is 33.0 Å². The predicted molar refractivity (Wildman–Crippen MR) is 101 cm³/mol. The maximum Gasteiger partial charge on any atom is 0.160 e. The number of nitrogens with zero attached hydrogens (tertiary/aromatic N) is 4. The quantitative estimate of drug-likeness (QED) is 0.710. The molecule has 1 aromatic carbocycles. The highest BCUT2D eigenvalue weighted by Crippen LogP contribution is 2.33. The smallest absolute Gasteiger partial charge is 0.160 e. The van der Waals surface area contributed by atoms with Crippen LogP contribution in [0.3, 0.4) is 0 Å². The molecular formula is C17H17Cl2N5O. The summed E-state index contributed by atoms with van der Waals surface area (Å²) in [6.07, 6.45) is 1.77. The predicted octanol–water partition coefficient (Wildman–Crippen LogP) is 3.15. The van der Waals surface area contributed by atoms with Crippen LogP contribution in [0.5, 0.6) is 5.75 Å². The van der Waals surface area contributed by atoms with Gasteiger partial charge in [-0.3, -0.25) is 0 Å². The normalized spacial score (nSPS) is 14.9. The highest BCUT2D eigenvalue weighted by atomic mass is 35.5.